The highest BCUT2D eigenvalue weighted by molar-refractivity contribution is 4.91. The number of alkyl halides is 2. The normalized spacial score (nSPS) is 11.2. The highest BCUT2D eigenvalue weighted by Gasteiger charge is 2.01. The molecule has 1 N–H and O–H groups in total. The number of ether oxygens (including phenoxy) is 1. The molecule has 86 valence electrons. The summed E-state index contributed by atoms with van der Waals surface area (Å²) in [6.45, 7) is 0.893. The average molecular weight is 220 g/mol. The van der Waals surface area contributed by atoms with Gasteiger partial charge in [0.2, 0.25) is 0 Å². The maximum absolute atomic E-state index is 11.7. The fraction of sp³-hybridized carbons (Fsp3) is 0.750. The van der Waals surface area contributed by atoms with Gasteiger partial charge in [0.05, 0.1) is 18.5 Å². The number of nitrogens with zero attached hydrogens (tertiary/aromatic N) is 3. The maximum Gasteiger partial charge on any atom is 0.261 e. The van der Waals surface area contributed by atoms with E-state index in [-0.39, 0.29) is 6.61 Å². The molecule has 1 aromatic heterocycles. The largest absolute Gasteiger partial charge is 0.374 e. The number of hydrogen-bond donors (Lipinski definition) is 1. The molecule has 0 amide bonds. The minimum Gasteiger partial charge on any atom is -0.374 e. The quantitative estimate of drug-likeness (QED) is 0.666. The van der Waals surface area contributed by atoms with Crippen molar-refractivity contribution >= 4 is 0 Å². The van der Waals surface area contributed by atoms with Gasteiger partial charge in [0, 0.05) is 20.1 Å². The van der Waals surface area contributed by atoms with E-state index in [2.05, 4.69) is 15.6 Å². The SMILES string of the molecule is Cn1nncc1CNCCOCC(F)F. The molecule has 0 saturated heterocycles. The van der Waals surface area contributed by atoms with Crippen molar-refractivity contribution in [3.8, 4) is 0 Å². The van der Waals surface area contributed by atoms with E-state index >= 15 is 0 Å². The Balaban J connectivity index is 2.00. The number of nitrogens with one attached hydrogen (secondary N) is 1. The first-order valence-electron chi connectivity index (χ1n) is 4.60. The lowest BCUT2D eigenvalue weighted by atomic mass is 10.4. The van der Waals surface area contributed by atoms with Crippen LogP contribution in [-0.2, 0) is 18.3 Å². The van der Waals surface area contributed by atoms with Gasteiger partial charge in [-0.1, -0.05) is 5.21 Å². The Hall–Kier alpha value is -1.08. The predicted molar refractivity (Wildman–Crippen MR) is 49.5 cm³/mol. The fourth-order valence-corrected chi connectivity index (χ4v) is 1.00. The number of rotatable bonds is 7. The summed E-state index contributed by atoms with van der Waals surface area (Å²) in [6, 6.07) is 0. The Labute approximate surface area is 86.4 Å². The van der Waals surface area contributed by atoms with Gasteiger partial charge in [0.1, 0.15) is 6.61 Å². The van der Waals surface area contributed by atoms with Crippen molar-refractivity contribution in [1.82, 2.24) is 20.3 Å². The fourth-order valence-electron chi connectivity index (χ4n) is 1.00. The summed E-state index contributed by atoms with van der Waals surface area (Å²) in [5, 5.41) is 10.5. The zero-order chi connectivity index (χ0) is 11.1. The minimum absolute atomic E-state index is 0.273. The Morgan fingerprint density at radius 3 is 3.00 bits per heavy atom. The Morgan fingerprint density at radius 1 is 1.60 bits per heavy atom. The molecule has 15 heavy (non-hydrogen) atoms. The monoisotopic (exact) mass is 220 g/mol. The van der Waals surface area contributed by atoms with E-state index in [0.29, 0.717) is 13.1 Å². The molecule has 0 bridgehead atoms. The molecular formula is C8H14F2N4O. The van der Waals surface area contributed by atoms with E-state index < -0.39 is 13.0 Å². The second kappa shape index (κ2) is 6.41. The van der Waals surface area contributed by atoms with Crippen LogP contribution in [0.15, 0.2) is 6.20 Å². The molecule has 1 rings (SSSR count). The first-order chi connectivity index (χ1) is 7.20. The summed E-state index contributed by atoms with van der Waals surface area (Å²) in [5.41, 5.74) is 0.934. The van der Waals surface area contributed by atoms with Crippen LogP contribution in [0.3, 0.4) is 0 Å². The number of hydrogen-bond acceptors (Lipinski definition) is 4. The van der Waals surface area contributed by atoms with Gasteiger partial charge in [-0.15, -0.1) is 5.10 Å². The Morgan fingerprint density at radius 2 is 2.40 bits per heavy atom. The van der Waals surface area contributed by atoms with Crippen LogP contribution in [0, 0.1) is 0 Å². The lowest BCUT2D eigenvalue weighted by Gasteiger charge is -2.05. The van der Waals surface area contributed by atoms with Gasteiger partial charge < -0.3 is 10.1 Å². The minimum atomic E-state index is -2.40. The number of aryl methyl sites for hydroxylation is 1. The lowest BCUT2D eigenvalue weighted by Crippen LogP contribution is -2.21. The average Bonchev–Trinajstić information content (AvgIpc) is 2.57. The van der Waals surface area contributed by atoms with Crippen molar-refractivity contribution in [2.24, 2.45) is 7.05 Å². The molecule has 7 heteroatoms. The van der Waals surface area contributed by atoms with Crippen LogP contribution in [0.2, 0.25) is 0 Å². The Kier molecular flexibility index (Phi) is 5.13. The van der Waals surface area contributed by atoms with Gasteiger partial charge in [-0.3, -0.25) is 4.68 Å². The molecule has 0 saturated carbocycles. The van der Waals surface area contributed by atoms with E-state index in [4.69, 9.17) is 4.74 Å². The van der Waals surface area contributed by atoms with E-state index in [1.54, 1.807) is 17.9 Å². The summed E-state index contributed by atoms with van der Waals surface area (Å²) in [7, 11) is 1.79. The van der Waals surface area contributed by atoms with Gasteiger partial charge in [0.15, 0.2) is 0 Å². The molecule has 0 aliphatic rings. The summed E-state index contributed by atoms with van der Waals surface area (Å²) in [5.74, 6) is 0. The summed E-state index contributed by atoms with van der Waals surface area (Å²) in [4.78, 5) is 0. The van der Waals surface area contributed by atoms with Crippen LogP contribution in [0.25, 0.3) is 0 Å². The molecule has 1 heterocycles. The number of aromatic nitrogens is 3. The molecule has 5 nitrogen and oxygen atoms in total. The Bertz CT molecular complexity index is 279. The van der Waals surface area contributed by atoms with Crippen molar-refractivity contribution in [2.45, 2.75) is 13.0 Å². The maximum atomic E-state index is 11.7. The molecular weight excluding hydrogens is 206 g/mol. The third-order valence-electron chi connectivity index (χ3n) is 1.78. The molecule has 0 aromatic carbocycles. The predicted octanol–water partition coefficient (Wildman–Crippen LogP) is 0.186. The molecule has 0 fully saturated rings. The van der Waals surface area contributed by atoms with Gasteiger partial charge in [0.25, 0.3) is 6.43 Å². The van der Waals surface area contributed by atoms with Crippen molar-refractivity contribution in [2.75, 3.05) is 19.8 Å². The summed E-state index contributed by atoms with van der Waals surface area (Å²) in [6.07, 6.45) is -0.751. The first-order valence-corrected chi connectivity index (χ1v) is 4.60. The van der Waals surface area contributed by atoms with Crippen molar-refractivity contribution in [3.63, 3.8) is 0 Å². The third kappa shape index (κ3) is 4.80. The van der Waals surface area contributed by atoms with Crippen LogP contribution >= 0.6 is 0 Å². The zero-order valence-corrected chi connectivity index (χ0v) is 8.49. The third-order valence-corrected chi connectivity index (χ3v) is 1.78. The highest BCUT2D eigenvalue weighted by atomic mass is 19.3. The van der Waals surface area contributed by atoms with Crippen LogP contribution in [0.4, 0.5) is 8.78 Å². The zero-order valence-electron chi connectivity index (χ0n) is 8.49. The topological polar surface area (TPSA) is 52.0 Å². The smallest absolute Gasteiger partial charge is 0.261 e. The van der Waals surface area contributed by atoms with Crippen LogP contribution in [0.1, 0.15) is 5.69 Å². The second-order valence-electron chi connectivity index (χ2n) is 2.99. The first kappa shape index (κ1) is 12.0. The van der Waals surface area contributed by atoms with Gasteiger partial charge >= 0.3 is 0 Å². The van der Waals surface area contributed by atoms with Crippen LogP contribution in [-0.4, -0.2) is 41.2 Å². The molecule has 0 radical (unpaired) electrons. The van der Waals surface area contributed by atoms with E-state index in [9.17, 15) is 8.78 Å². The van der Waals surface area contributed by atoms with E-state index in [1.807, 2.05) is 0 Å². The lowest BCUT2D eigenvalue weighted by molar-refractivity contribution is 0.0187. The number of halogens is 2. The second-order valence-corrected chi connectivity index (χ2v) is 2.99. The van der Waals surface area contributed by atoms with Crippen molar-refractivity contribution < 1.29 is 13.5 Å². The van der Waals surface area contributed by atoms with Gasteiger partial charge in [-0.2, -0.15) is 0 Å². The van der Waals surface area contributed by atoms with Gasteiger partial charge in [-0.25, -0.2) is 8.78 Å². The molecule has 0 unspecified atom stereocenters. The summed E-state index contributed by atoms with van der Waals surface area (Å²) < 4.78 is 29.6. The van der Waals surface area contributed by atoms with Crippen LogP contribution in [0.5, 0.6) is 0 Å². The van der Waals surface area contributed by atoms with Gasteiger partial charge in [-0.05, 0) is 0 Å². The molecule has 1 aromatic rings. The van der Waals surface area contributed by atoms with E-state index in [0.717, 1.165) is 5.69 Å². The summed E-state index contributed by atoms with van der Waals surface area (Å²) >= 11 is 0. The molecule has 0 spiro atoms. The van der Waals surface area contributed by atoms with Crippen molar-refractivity contribution in [3.05, 3.63) is 11.9 Å². The molecule has 0 aliphatic carbocycles. The van der Waals surface area contributed by atoms with E-state index in [1.165, 1.54) is 0 Å². The highest BCUT2D eigenvalue weighted by Crippen LogP contribution is 1.93. The van der Waals surface area contributed by atoms with Crippen molar-refractivity contribution in [1.29, 1.82) is 0 Å². The standard InChI is InChI=1S/C8H14F2N4O/c1-14-7(5-12-13-14)4-11-2-3-15-6-8(9)10/h5,8,11H,2-4,6H2,1H3. The molecule has 0 atom stereocenters. The molecule has 0 aliphatic heterocycles. The van der Waals surface area contributed by atoms with Crippen LogP contribution < -0.4 is 5.32 Å².